The van der Waals surface area contributed by atoms with Crippen LogP contribution in [0.1, 0.15) is 45.4 Å². The largest absolute Gasteiger partial charge is 0.392 e. The zero-order valence-electron chi connectivity index (χ0n) is 8.90. The van der Waals surface area contributed by atoms with Gasteiger partial charge in [-0.05, 0) is 39.0 Å². The van der Waals surface area contributed by atoms with Crippen LogP contribution in [-0.4, -0.2) is 16.9 Å². The first-order chi connectivity index (χ1) is 6.79. The fourth-order valence-corrected chi connectivity index (χ4v) is 1.84. The summed E-state index contributed by atoms with van der Waals surface area (Å²) < 4.78 is 35.9. The molecule has 1 aliphatic carbocycles. The standard InChI is InChI=1S/C11H17F3O/c1-10(15)6-2-3-9(4-7-10)5-8-11(12,13)14/h5,15H,2-4,6-8H2,1H3/b9-5-. The molecule has 1 aliphatic rings. The van der Waals surface area contributed by atoms with Gasteiger partial charge in [0, 0.05) is 0 Å². The van der Waals surface area contributed by atoms with E-state index in [1.54, 1.807) is 6.92 Å². The number of allylic oxidation sites excluding steroid dienone is 2. The molecular formula is C11H17F3O. The van der Waals surface area contributed by atoms with Crippen LogP contribution >= 0.6 is 0 Å². The summed E-state index contributed by atoms with van der Waals surface area (Å²) >= 11 is 0. The lowest BCUT2D eigenvalue weighted by Gasteiger charge is -2.19. The SMILES string of the molecule is CC1(O)CCC/C(=C/CC(F)(F)F)CC1. The van der Waals surface area contributed by atoms with E-state index in [9.17, 15) is 18.3 Å². The van der Waals surface area contributed by atoms with E-state index in [1.165, 1.54) is 6.08 Å². The van der Waals surface area contributed by atoms with Crippen molar-refractivity contribution in [1.29, 1.82) is 0 Å². The second kappa shape index (κ2) is 4.56. The summed E-state index contributed by atoms with van der Waals surface area (Å²) in [5.74, 6) is 0. The average Bonchev–Trinajstić information content (AvgIpc) is 2.22. The Labute approximate surface area is 88.0 Å². The molecule has 0 aliphatic heterocycles. The van der Waals surface area contributed by atoms with Crippen LogP contribution in [0.15, 0.2) is 11.6 Å². The minimum absolute atomic E-state index is 0.566. The molecule has 1 saturated carbocycles. The highest BCUT2D eigenvalue weighted by molar-refractivity contribution is 5.06. The Morgan fingerprint density at radius 2 is 2.00 bits per heavy atom. The number of aliphatic hydroxyl groups is 1. The van der Waals surface area contributed by atoms with E-state index >= 15 is 0 Å². The second-order valence-electron chi connectivity index (χ2n) is 4.53. The first-order valence-electron chi connectivity index (χ1n) is 5.26. The molecule has 1 unspecified atom stereocenters. The van der Waals surface area contributed by atoms with Crippen LogP contribution < -0.4 is 0 Å². The zero-order chi connectivity index (χ0) is 11.5. The highest BCUT2D eigenvalue weighted by Gasteiger charge is 2.27. The first-order valence-corrected chi connectivity index (χ1v) is 5.26. The third kappa shape index (κ3) is 5.21. The molecule has 1 nitrogen and oxygen atoms in total. The Morgan fingerprint density at radius 1 is 1.33 bits per heavy atom. The molecule has 1 atom stereocenters. The molecular weight excluding hydrogens is 205 g/mol. The lowest BCUT2D eigenvalue weighted by atomic mass is 9.97. The van der Waals surface area contributed by atoms with Gasteiger partial charge in [0.05, 0.1) is 12.0 Å². The van der Waals surface area contributed by atoms with Gasteiger partial charge in [0.25, 0.3) is 0 Å². The van der Waals surface area contributed by atoms with Gasteiger partial charge >= 0.3 is 6.18 Å². The molecule has 1 N–H and O–H groups in total. The quantitative estimate of drug-likeness (QED) is 0.531. The van der Waals surface area contributed by atoms with Crippen molar-refractivity contribution in [3.05, 3.63) is 11.6 Å². The van der Waals surface area contributed by atoms with Crippen molar-refractivity contribution in [2.45, 2.75) is 57.2 Å². The van der Waals surface area contributed by atoms with E-state index in [0.717, 1.165) is 12.0 Å². The van der Waals surface area contributed by atoms with Gasteiger partial charge in [-0.1, -0.05) is 11.6 Å². The lowest BCUT2D eigenvalue weighted by Crippen LogP contribution is -2.22. The van der Waals surface area contributed by atoms with Gasteiger partial charge in [-0.2, -0.15) is 13.2 Å². The fourth-order valence-electron chi connectivity index (χ4n) is 1.84. The van der Waals surface area contributed by atoms with Crippen molar-refractivity contribution in [2.24, 2.45) is 0 Å². The predicted octanol–water partition coefficient (Wildman–Crippen LogP) is 3.58. The van der Waals surface area contributed by atoms with Crippen molar-refractivity contribution >= 4 is 0 Å². The summed E-state index contributed by atoms with van der Waals surface area (Å²) in [5, 5.41) is 9.75. The molecule has 15 heavy (non-hydrogen) atoms. The van der Waals surface area contributed by atoms with E-state index in [-0.39, 0.29) is 0 Å². The van der Waals surface area contributed by atoms with Gasteiger partial charge in [0.15, 0.2) is 0 Å². The van der Waals surface area contributed by atoms with Gasteiger partial charge in [0.2, 0.25) is 0 Å². The fraction of sp³-hybridized carbons (Fsp3) is 0.818. The molecule has 0 aromatic carbocycles. The summed E-state index contributed by atoms with van der Waals surface area (Å²) in [6, 6.07) is 0. The summed E-state index contributed by atoms with van der Waals surface area (Å²) in [7, 11) is 0. The predicted molar refractivity (Wildman–Crippen MR) is 52.5 cm³/mol. The van der Waals surface area contributed by atoms with Gasteiger partial charge in [0.1, 0.15) is 0 Å². The highest BCUT2D eigenvalue weighted by atomic mass is 19.4. The molecule has 0 amide bonds. The number of alkyl halides is 3. The van der Waals surface area contributed by atoms with E-state index in [1.807, 2.05) is 0 Å². The Kier molecular flexibility index (Phi) is 3.82. The second-order valence-corrected chi connectivity index (χ2v) is 4.53. The van der Waals surface area contributed by atoms with Crippen molar-refractivity contribution in [3.63, 3.8) is 0 Å². The third-order valence-electron chi connectivity index (χ3n) is 2.82. The van der Waals surface area contributed by atoms with Crippen LogP contribution in [0.25, 0.3) is 0 Å². The molecule has 0 saturated heterocycles. The smallest absolute Gasteiger partial charge is 0.390 e. The molecule has 1 fully saturated rings. The number of hydrogen-bond donors (Lipinski definition) is 1. The van der Waals surface area contributed by atoms with Crippen LogP contribution in [0.5, 0.6) is 0 Å². The summed E-state index contributed by atoms with van der Waals surface area (Å²) in [6.07, 6.45) is -0.382. The first kappa shape index (κ1) is 12.6. The van der Waals surface area contributed by atoms with E-state index in [4.69, 9.17) is 0 Å². The highest BCUT2D eigenvalue weighted by Crippen LogP contribution is 2.31. The molecule has 0 spiro atoms. The molecule has 0 aromatic heterocycles. The maximum Gasteiger partial charge on any atom is 0.392 e. The number of halogens is 3. The summed E-state index contributed by atoms with van der Waals surface area (Å²) in [4.78, 5) is 0. The van der Waals surface area contributed by atoms with Gasteiger partial charge < -0.3 is 5.11 Å². The van der Waals surface area contributed by atoms with Crippen LogP contribution in [0.4, 0.5) is 13.2 Å². The number of hydrogen-bond acceptors (Lipinski definition) is 1. The van der Waals surface area contributed by atoms with Crippen molar-refractivity contribution in [1.82, 2.24) is 0 Å². The Balaban J connectivity index is 2.51. The molecule has 1 rings (SSSR count). The average molecular weight is 222 g/mol. The van der Waals surface area contributed by atoms with E-state index < -0.39 is 18.2 Å². The maximum atomic E-state index is 12.0. The van der Waals surface area contributed by atoms with E-state index in [2.05, 4.69) is 0 Å². The van der Waals surface area contributed by atoms with Crippen LogP contribution in [0, 0.1) is 0 Å². The molecule has 4 heteroatoms. The zero-order valence-corrected chi connectivity index (χ0v) is 8.90. The lowest BCUT2D eigenvalue weighted by molar-refractivity contribution is -0.125. The molecule has 0 bridgehead atoms. The van der Waals surface area contributed by atoms with Gasteiger partial charge in [-0.15, -0.1) is 0 Å². The minimum atomic E-state index is -4.11. The Morgan fingerprint density at radius 3 is 2.60 bits per heavy atom. The number of rotatable bonds is 1. The summed E-state index contributed by atoms with van der Waals surface area (Å²) in [6.45, 7) is 1.75. The van der Waals surface area contributed by atoms with Crippen molar-refractivity contribution < 1.29 is 18.3 Å². The van der Waals surface area contributed by atoms with Gasteiger partial charge in [-0.3, -0.25) is 0 Å². The molecule has 0 radical (unpaired) electrons. The topological polar surface area (TPSA) is 20.2 Å². The Hall–Kier alpha value is -0.510. The van der Waals surface area contributed by atoms with Crippen molar-refractivity contribution in [3.8, 4) is 0 Å². The third-order valence-corrected chi connectivity index (χ3v) is 2.82. The summed E-state index contributed by atoms with van der Waals surface area (Å²) in [5.41, 5.74) is 0.137. The monoisotopic (exact) mass is 222 g/mol. The van der Waals surface area contributed by atoms with Crippen LogP contribution in [0.3, 0.4) is 0 Å². The van der Waals surface area contributed by atoms with Crippen LogP contribution in [0.2, 0.25) is 0 Å². The maximum absolute atomic E-state index is 12.0. The normalized spacial score (nSPS) is 31.7. The van der Waals surface area contributed by atoms with E-state index in [0.29, 0.717) is 25.7 Å². The van der Waals surface area contributed by atoms with Gasteiger partial charge in [-0.25, -0.2) is 0 Å². The molecule has 0 heterocycles. The Bertz CT molecular complexity index is 241. The molecule has 88 valence electrons. The van der Waals surface area contributed by atoms with Crippen molar-refractivity contribution in [2.75, 3.05) is 0 Å². The minimum Gasteiger partial charge on any atom is -0.390 e. The van der Waals surface area contributed by atoms with Crippen LogP contribution in [-0.2, 0) is 0 Å². The molecule has 0 aromatic rings.